The standard InChI is InChI=1S/C13H24N4O/c1-8(2)6-7-10(5)14-13(18)12-15-11(9(3)4)16-17-12/h8-10H,6-7H2,1-5H3,(H,14,18)(H,15,16,17). The summed E-state index contributed by atoms with van der Waals surface area (Å²) in [5, 5.41) is 9.64. The van der Waals surface area contributed by atoms with Gasteiger partial charge in [-0.3, -0.25) is 9.89 Å². The molecule has 0 fully saturated rings. The van der Waals surface area contributed by atoms with Crippen molar-refractivity contribution in [3.05, 3.63) is 11.6 Å². The second-order valence-corrected chi connectivity index (χ2v) is 5.54. The van der Waals surface area contributed by atoms with Gasteiger partial charge in [-0.25, -0.2) is 4.98 Å². The van der Waals surface area contributed by atoms with Crippen LogP contribution in [-0.2, 0) is 0 Å². The predicted molar refractivity (Wildman–Crippen MR) is 71.5 cm³/mol. The number of aromatic nitrogens is 3. The van der Waals surface area contributed by atoms with Gasteiger partial charge in [0.25, 0.3) is 5.91 Å². The van der Waals surface area contributed by atoms with Crippen molar-refractivity contribution < 1.29 is 4.79 Å². The van der Waals surface area contributed by atoms with Crippen LogP contribution in [0.5, 0.6) is 0 Å². The molecule has 18 heavy (non-hydrogen) atoms. The van der Waals surface area contributed by atoms with E-state index in [0.29, 0.717) is 5.92 Å². The van der Waals surface area contributed by atoms with Crippen molar-refractivity contribution in [1.29, 1.82) is 0 Å². The molecular weight excluding hydrogens is 228 g/mol. The van der Waals surface area contributed by atoms with E-state index in [1.54, 1.807) is 0 Å². The second-order valence-electron chi connectivity index (χ2n) is 5.54. The quantitative estimate of drug-likeness (QED) is 0.817. The molecular formula is C13H24N4O. The van der Waals surface area contributed by atoms with E-state index in [4.69, 9.17) is 0 Å². The molecule has 1 atom stereocenters. The third-order valence-corrected chi connectivity index (χ3v) is 2.81. The number of nitrogens with one attached hydrogen (secondary N) is 2. The summed E-state index contributed by atoms with van der Waals surface area (Å²) < 4.78 is 0. The number of aromatic amines is 1. The number of carbonyl (C=O) groups is 1. The van der Waals surface area contributed by atoms with Gasteiger partial charge in [0.1, 0.15) is 5.82 Å². The molecule has 0 radical (unpaired) electrons. The lowest BCUT2D eigenvalue weighted by Gasteiger charge is -2.13. The summed E-state index contributed by atoms with van der Waals surface area (Å²) in [6.45, 7) is 10.4. The van der Waals surface area contributed by atoms with Crippen LogP contribution in [0.1, 0.15) is 69.8 Å². The zero-order valence-corrected chi connectivity index (χ0v) is 11.9. The lowest BCUT2D eigenvalue weighted by Crippen LogP contribution is -2.33. The molecule has 0 saturated heterocycles. The monoisotopic (exact) mass is 252 g/mol. The highest BCUT2D eigenvalue weighted by Gasteiger charge is 2.16. The Morgan fingerprint density at radius 1 is 1.22 bits per heavy atom. The van der Waals surface area contributed by atoms with E-state index in [2.05, 4.69) is 34.3 Å². The number of nitrogens with zero attached hydrogens (tertiary/aromatic N) is 2. The highest BCUT2D eigenvalue weighted by molar-refractivity contribution is 5.90. The van der Waals surface area contributed by atoms with Gasteiger partial charge in [-0.05, 0) is 25.7 Å². The number of rotatable bonds is 6. The number of amides is 1. The topological polar surface area (TPSA) is 70.7 Å². The summed E-state index contributed by atoms with van der Waals surface area (Å²) in [6, 6.07) is 0.154. The van der Waals surface area contributed by atoms with Crippen molar-refractivity contribution in [3.8, 4) is 0 Å². The number of hydrogen-bond acceptors (Lipinski definition) is 3. The van der Waals surface area contributed by atoms with Crippen molar-refractivity contribution in [2.24, 2.45) is 5.92 Å². The zero-order chi connectivity index (χ0) is 13.7. The second kappa shape index (κ2) is 6.52. The number of carbonyl (C=O) groups excluding carboxylic acids is 1. The van der Waals surface area contributed by atoms with Crippen molar-refractivity contribution in [2.45, 2.75) is 59.4 Å². The number of hydrogen-bond donors (Lipinski definition) is 2. The van der Waals surface area contributed by atoms with Crippen molar-refractivity contribution in [3.63, 3.8) is 0 Å². The SMILES string of the molecule is CC(C)CCC(C)NC(=O)c1n[nH]c(C(C)C)n1. The van der Waals surface area contributed by atoms with Crippen LogP contribution < -0.4 is 5.32 Å². The fraction of sp³-hybridized carbons (Fsp3) is 0.769. The average molecular weight is 252 g/mol. The fourth-order valence-corrected chi connectivity index (χ4v) is 1.58. The highest BCUT2D eigenvalue weighted by atomic mass is 16.2. The van der Waals surface area contributed by atoms with Gasteiger partial charge in [-0.2, -0.15) is 0 Å². The third-order valence-electron chi connectivity index (χ3n) is 2.81. The van der Waals surface area contributed by atoms with Gasteiger partial charge in [0, 0.05) is 12.0 Å². The van der Waals surface area contributed by atoms with Crippen LogP contribution in [0, 0.1) is 5.92 Å². The first kappa shape index (κ1) is 14.7. The fourth-order valence-electron chi connectivity index (χ4n) is 1.58. The maximum Gasteiger partial charge on any atom is 0.291 e. The van der Waals surface area contributed by atoms with Crippen LogP contribution in [-0.4, -0.2) is 27.1 Å². The maximum absolute atomic E-state index is 11.9. The zero-order valence-electron chi connectivity index (χ0n) is 11.9. The van der Waals surface area contributed by atoms with E-state index >= 15 is 0 Å². The molecule has 0 aromatic carbocycles. The largest absolute Gasteiger partial charge is 0.347 e. The normalized spacial score (nSPS) is 13.1. The van der Waals surface area contributed by atoms with Crippen LogP contribution >= 0.6 is 0 Å². The van der Waals surface area contributed by atoms with Crippen molar-refractivity contribution in [1.82, 2.24) is 20.5 Å². The molecule has 1 unspecified atom stereocenters. The maximum atomic E-state index is 11.9. The van der Waals surface area contributed by atoms with Crippen LogP contribution in [0.2, 0.25) is 0 Å². The van der Waals surface area contributed by atoms with Crippen molar-refractivity contribution >= 4 is 5.91 Å². The Hall–Kier alpha value is -1.39. The molecule has 0 bridgehead atoms. The molecule has 1 amide bonds. The molecule has 5 heteroatoms. The van der Waals surface area contributed by atoms with E-state index < -0.39 is 0 Å². The Kier molecular flexibility index (Phi) is 5.31. The lowest BCUT2D eigenvalue weighted by atomic mass is 10.0. The molecule has 0 spiro atoms. The first-order valence-electron chi connectivity index (χ1n) is 6.63. The Morgan fingerprint density at radius 3 is 2.39 bits per heavy atom. The molecule has 1 aromatic rings. The van der Waals surface area contributed by atoms with E-state index in [0.717, 1.165) is 18.7 Å². The summed E-state index contributed by atoms with van der Waals surface area (Å²) in [7, 11) is 0. The lowest BCUT2D eigenvalue weighted by molar-refractivity contribution is 0.0927. The number of H-pyrrole nitrogens is 1. The molecule has 0 aliphatic carbocycles. The van der Waals surface area contributed by atoms with E-state index in [9.17, 15) is 4.79 Å². The van der Waals surface area contributed by atoms with Gasteiger partial charge in [-0.1, -0.05) is 27.7 Å². The summed E-state index contributed by atoms with van der Waals surface area (Å²) >= 11 is 0. The summed E-state index contributed by atoms with van der Waals surface area (Å²) in [4.78, 5) is 16.1. The van der Waals surface area contributed by atoms with Crippen LogP contribution in [0.25, 0.3) is 0 Å². The summed E-state index contributed by atoms with van der Waals surface area (Å²) in [6.07, 6.45) is 2.08. The molecule has 0 aliphatic heterocycles. The van der Waals surface area contributed by atoms with Crippen LogP contribution in [0.3, 0.4) is 0 Å². The molecule has 5 nitrogen and oxygen atoms in total. The molecule has 0 saturated carbocycles. The minimum Gasteiger partial charge on any atom is -0.347 e. The van der Waals surface area contributed by atoms with E-state index in [1.165, 1.54) is 0 Å². The Bertz CT molecular complexity index is 384. The van der Waals surface area contributed by atoms with Gasteiger partial charge in [-0.15, -0.1) is 5.10 Å². The Balaban J connectivity index is 2.48. The molecule has 1 aromatic heterocycles. The van der Waals surface area contributed by atoms with Gasteiger partial charge in [0.05, 0.1) is 0 Å². The predicted octanol–water partition coefficient (Wildman–Crippen LogP) is 2.48. The smallest absolute Gasteiger partial charge is 0.291 e. The summed E-state index contributed by atoms with van der Waals surface area (Å²) in [5.74, 6) is 1.68. The third kappa shape index (κ3) is 4.47. The van der Waals surface area contributed by atoms with Gasteiger partial charge >= 0.3 is 0 Å². The van der Waals surface area contributed by atoms with E-state index in [1.807, 2.05) is 20.8 Å². The molecule has 1 heterocycles. The highest BCUT2D eigenvalue weighted by Crippen LogP contribution is 2.09. The molecule has 102 valence electrons. The minimum absolute atomic E-state index is 0.154. The van der Waals surface area contributed by atoms with Gasteiger partial charge < -0.3 is 5.32 Å². The minimum atomic E-state index is -0.200. The first-order valence-corrected chi connectivity index (χ1v) is 6.63. The van der Waals surface area contributed by atoms with Crippen LogP contribution in [0.4, 0.5) is 0 Å². The van der Waals surface area contributed by atoms with Crippen molar-refractivity contribution in [2.75, 3.05) is 0 Å². The Labute approximate surface area is 109 Å². The van der Waals surface area contributed by atoms with E-state index in [-0.39, 0.29) is 23.7 Å². The average Bonchev–Trinajstić information content (AvgIpc) is 2.75. The first-order chi connectivity index (χ1) is 8.40. The Morgan fingerprint density at radius 2 is 1.89 bits per heavy atom. The summed E-state index contributed by atoms with van der Waals surface area (Å²) in [5.41, 5.74) is 0. The molecule has 1 rings (SSSR count). The molecule has 0 aliphatic rings. The van der Waals surface area contributed by atoms with Crippen LogP contribution in [0.15, 0.2) is 0 Å². The van der Waals surface area contributed by atoms with Gasteiger partial charge in [0.2, 0.25) is 5.82 Å². The van der Waals surface area contributed by atoms with Gasteiger partial charge in [0.15, 0.2) is 0 Å². The molecule has 2 N–H and O–H groups in total.